The molecule has 2 atom stereocenters. The molecule has 0 aliphatic carbocycles. The van der Waals surface area contributed by atoms with Crippen LogP contribution < -0.4 is 5.73 Å². The second kappa shape index (κ2) is 5.56. The molecule has 6 heteroatoms. The van der Waals surface area contributed by atoms with Gasteiger partial charge in [0, 0.05) is 19.1 Å². The summed E-state index contributed by atoms with van der Waals surface area (Å²) in [7, 11) is 0. The number of piperidine rings is 1. The van der Waals surface area contributed by atoms with Gasteiger partial charge in [0.25, 0.3) is 0 Å². The Morgan fingerprint density at radius 2 is 2.06 bits per heavy atom. The van der Waals surface area contributed by atoms with Crippen molar-refractivity contribution in [1.82, 2.24) is 4.90 Å². The van der Waals surface area contributed by atoms with E-state index < -0.39 is 23.6 Å². The van der Waals surface area contributed by atoms with Crippen LogP contribution in [0.5, 0.6) is 0 Å². The number of amides is 1. The highest BCUT2D eigenvalue weighted by atomic mass is 16.6. The van der Waals surface area contributed by atoms with Gasteiger partial charge in [-0.25, -0.2) is 4.79 Å². The smallest absolute Gasteiger partial charge is 0.410 e. The molecule has 1 aliphatic rings. The van der Waals surface area contributed by atoms with Gasteiger partial charge < -0.3 is 20.5 Å². The first-order valence-electron chi connectivity index (χ1n) is 6.17. The van der Waals surface area contributed by atoms with E-state index in [9.17, 15) is 9.59 Å². The highest BCUT2D eigenvalue weighted by molar-refractivity contribution is 5.72. The number of nitrogens with zero attached hydrogens (tertiary/aromatic N) is 1. The lowest BCUT2D eigenvalue weighted by Gasteiger charge is -2.38. The van der Waals surface area contributed by atoms with Crippen molar-refractivity contribution in [2.75, 3.05) is 13.1 Å². The molecule has 1 heterocycles. The molecule has 0 aromatic carbocycles. The standard InChI is InChI=1S/C12H22N2O4/c1-12(2,3)18-11(17)14-5-4-8(10(15)16)6-9(14)7-13/h8-9H,4-7,13H2,1-3H3,(H,15,16). The molecule has 0 saturated carbocycles. The molecule has 18 heavy (non-hydrogen) atoms. The number of carboxylic acids is 1. The molecule has 0 aromatic heterocycles. The SMILES string of the molecule is CC(C)(C)OC(=O)N1CCC(C(=O)O)CC1CN. The molecule has 0 spiro atoms. The van der Waals surface area contributed by atoms with Crippen LogP contribution in [0.3, 0.4) is 0 Å². The fraction of sp³-hybridized carbons (Fsp3) is 0.833. The predicted octanol–water partition coefficient (Wildman–Crippen LogP) is 1.05. The van der Waals surface area contributed by atoms with Gasteiger partial charge in [-0.1, -0.05) is 0 Å². The minimum atomic E-state index is -0.822. The molecule has 6 nitrogen and oxygen atoms in total. The van der Waals surface area contributed by atoms with E-state index >= 15 is 0 Å². The third kappa shape index (κ3) is 3.87. The maximum absolute atomic E-state index is 12.0. The zero-order valence-electron chi connectivity index (χ0n) is 11.2. The van der Waals surface area contributed by atoms with E-state index in [1.165, 1.54) is 0 Å². The van der Waals surface area contributed by atoms with Crippen LogP contribution in [0.1, 0.15) is 33.6 Å². The molecule has 2 unspecified atom stereocenters. The number of carbonyl (C=O) groups excluding carboxylic acids is 1. The summed E-state index contributed by atoms with van der Waals surface area (Å²) in [4.78, 5) is 24.5. The average molecular weight is 258 g/mol. The maximum Gasteiger partial charge on any atom is 0.410 e. The largest absolute Gasteiger partial charge is 0.481 e. The molecule has 0 aromatic rings. The number of ether oxygens (including phenoxy) is 1. The van der Waals surface area contributed by atoms with Crippen molar-refractivity contribution < 1.29 is 19.4 Å². The van der Waals surface area contributed by atoms with E-state index in [0.717, 1.165) is 0 Å². The van der Waals surface area contributed by atoms with Gasteiger partial charge in [-0.15, -0.1) is 0 Å². The summed E-state index contributed by atoms with van der Waals surface area (Å²) >= 11 is 0. The lowest BCUT2D eigenvalue weighted by Crippen LogP contribution is -2.52. The molecular weight excluding hydrogens is 236 g/mol. The zero-order chi connectivity index (χ0) is 13.9. The van der Waals surface area contributed by atoms with Crippen molar-refractivity contribution >= 4 is 12.1 Å². The highest BCUT2D eigenvalue weighted by Gasteiger charge is 2.35. The van der Waals surface area contributed by atoms with Crippen molar-refractivity contribution in [3.63, 3.8) is 0 Å². The summed E-state index contributed by atoms with van der Waals surface area (Å²) in [6, 6.07) is -0.255. The maximum atomic E-state index is 12.0. The average Bonchev–Trinajstić information content (AvgIpc) is 2.25. The summed E-state index contributed by atoms with van der Waals surface area (Å²) < 4.78 is 5.29. The first-order valence-corrected chi connectivity index (χ1v) is 6.17. The molecule has 1 fully saturated rings. The van der Waals surface area contributed by atoms with E-state index in [4.69, 9.17) is 15.6 Å². The van der Waals surface area contributed by atoms with E-state index in [2.05, 4.69) is 0 Å². The van der Waals surface area contributed by atoms with Crippen LogP contribution in [0.15, 0.2) is 0 Å². The molecule has 0 radical (unpaired) electrons. The van der Waals surface area contributed by atoms with Crippen LogP contribution in [-0.4, -0.2) is 46.8 Å². The lowest BCUT2D eigenvalue weighted by molar-refractivity contribution is -0.144. The van der Waals surface area contributed by atoms with Gasteiger partial charge in [0.1, 0.15) is 5.60 Å². The Bertz CT molecular complexity index is 325. The van der Waals surface area contributed by atoms with Crippen LogP contribution in [0.2, 0.25) is 0 Å². The van der Waals surface area contributed by atoms with Crippen LogP contribution >= 0.6 is 0 Å². The Kier molecular flexibility index (Phi) is 4.56. The van der Waals surface area contributed by atoms with Crippen molar-refractivity contribution in [2.24, 2.45) is 11.7 Å². The second-order valence-electron chi connectivity index (χ2n) is 5.62. The topological polar surface area (TPSA) is 92.9 Å². The monoisotopic (exact) mass is 258 g/mol. The Hall–Kier alpha value is -1.30. The molecule has 3 N–H and O–H groups in total. The molecular formula is C12H22N2O4. The summed E-state index contributed by atoms with van der Waals surface area (Å²) in [6.45, 7) is 6.03. The van der Waals surface area contributed by atoms with E-state index in [1.807, 2.05) is 0 Å². The van der Waals surface area contributed by atoms with Gasteiger partial charge in [-0.3, -0.25) is 4.79 Å². The Balaban J connectivity index is 2.67. The normalized spacial score (nSPS) is 24.8. The van der Waals surface area contributed by atoms with Crippen LogP contribution in [-0.2, 0) is 9.53 Å². The van der Waals surface area contributed by atoms with Crippen molar-refractivity contribution in [3.8, 4) is 0 Å². The zero-order valence-corrected chi connectivity index (χ0v) is 11.2. The summed E-state index contributed by atoms with van der Waals surface area (Å²) in [5.41, 5.74) is 5.06. The number of rotatable bonds is 2. The number of aliphatic carboxylic acids is 1. The van der Waals surface area contributed by atoms with Crippen LogP contribution in [0.25, 0.3) is 0 Å². The number of hydrogen-bond acceptors (Lipinski definition) is 4. The van der Waals surface area contributed by atoms with Crippen molar-refractivity contribution in [1.29, 1.82) is 0 Å². The summed E-state index contributed by atoms with van der Waals surface area (Å²) in [5.74, 6) is -1.24. The Morgan fingerprint density at radius 1 is 1.44 bits per heavy atom. The van der Waals surface area contributed by atoms with Gasteiger partial charge in [0.15, 0.2) is 0 Å². The van der Waals surface area contributed by atoms with Gasteiger partial charge >= 0.3 is 12.1 Å². The van der Waals surface area contributed by atoms with Gasteiger partial charge in [-0.2, -0.15) is 0 Å². The highest BCUT2D eigenvalue weighted by Crippen LogP contribution is 2.24. The molecule has 1 rings (SSSR count). The van der Waals surface area contributed by atoms with Crippen LogP contribution in [0.4, 0.5) is 4.79 Å². The van der Waals surface area contributed by atoms with E-state index in [0.29, 0.717) is 19.4 Å². The van der Waals surface area contributed by atoms with Gasteiger partial charge in [0.05, 0.1) is 5.92 Å². The number of hydrogen-bond donors (Lipinski definition) is 2. The predicted molar refractivity (Wildman–Crippen MR) is 66.1 cm³/mol. The fourth-order valence-corrected chi connectivity index (χ4v) is 2.06. The second-order valence-corrected chi connectivity index (χ2v) is 5.62. The van der Waals surface area contributed by atoms with Gasteiger partial charge in [-0.05, 0) is 33.6 Å². The van der Waals surface area contributed by atoms with Crippen molar-refractivity contribution in [2.45, 2.75) is 45.3 Å². The molecule has 0 bridgehead atoms. The molecule has 1 aliphatic heterocycles. The Morgan fingerprint density at radius 3 is 2.50 bits per heavy atom. The minimum absolute atomic E-state index is 0.253. The Labute approximate surface area is 107 Å². The van der Waals surface area contributed by atoms with Crippen LogP contribution in [0, 0.1) is 5.92 Å². The van der Waals surface area contributed by atoms with Gasteiger partial charge in [0.2, 0.25) is 0 Å². The fourth-order valence-electron chi connectivity index (χ4n) is 2.06. The first kappa shape index (κ1) is 14.8. The van der Waals surface area contributed by atoms with E-state index in [-0.39, 0.29) is 12.6 Å². The number of carbonyl (C=O) groups is 2. The third-order valence-electron chi connectivity index (χ3n) is 2.97. The number of likely N-dealkylation sites (tertiary alicyclic amines) is 1. The molecule has 1 saturated heterocycles. The third-order valence-corrected chi connectivity index (χ3v) is 2.97. The lowest BCUT2D eigenvalue weighted by atomic mass is 9.91. The van der Waals surface area contributed by atoms with Crippen molar-refractivity contribution in [3.05, 3.63) is 0 Å². The van der Waals surface area contributed by atoms with E-state index in [1.54, 1.807) is 25.7 Å². The number of carboxylic acid groups (broad SMARTS) is 1. The summed E-state index contributed by atoms with van der Waals surface area (Å²) in [5, 5.41) is 8.99. The molecule has 104 valence electrons. The quantitative estimate of drug-likeness (QED) is 0.772. The summed E-state index contributed by atoms with van der Waals surface area (Å²) in [6.07, 6.45) is 0.428. The molecule has 1 amide bonds. The number of nitrogens with two attached hydrogens (primary N) is 1. The minimum Gasteiger partial charge on any atom is -0.481 e. The first-order chi connectivity index (χ1) is 8.24.